The van der Waals surface area contributed by atoms with E-state index in [9.17, 15) is 14.4 Å². The molecule has 0 saturated carbocycles. The smallest absolute Gasteiger partial charge is 0.335 e. The zero-order chi connectivity index (χ0) is 33.9. The molecule has 0 aromatic carbocycles. The number of hydrogen-bond donors (Lipinski definition) is 0. The Morgan fingerprint density at radius 1 is 0.447 bits per heavy atom. The van der Waals surface area contributed by atoms with E-state index in [2.05, 4.69) is 6.92 Å². The maximum Gasteiger partial charge on any atom is 0.335 e. The van der Waals surface area contributed by atoms with Gasteiger partial charge in [0, 0.05) is 19.4 Å². The molecule has 1 aliphatic heterocycles. The highest BCUT2D eigenvalue weighted by Gasteiger charge is 2.32. The molecule has 0 unspecified atom stereocenters. The molecule has 0 N–H and O–H groups in total. The van der Waals surface area contributed by atoms with Crippen molar-refractivity contribution in [2.75, 3.05) is 145 Å². The van der Waals surface area contributed by atoms with Gasteiger partial charge in [0.05, 0.1) is 145 Å². The van der Waals surface area contributed by atoms with Gasteiger partial charge in [0.15, 0.2) is 0 Å². The van der Waals surface area contributed by atoms with Crippen molar-refractivity contribution in [3.63, 3.8) is 0 Å². The second kappa shape index (κ2) is 34.0. The fourth-order valence-electron chi connectivity index (χ4n) is 3.51. The molecule has 16 heteroatoms. The molecule has 1 aliphatic rings. The number of hydroxylamine groups is 2. The summed E-state index contributed by atoms with van der Waals surface area (Å²) in [6.45, 7) is 12.6. The molecule has 0 spiro atoms. The molecule has 0 radical (unpaired) electrons. The first-order valence-corrected chi connectivity index (χ1v) is 16.6. The van der Waals surface area contributed by atoms with E-state index in [0.29, 0.717) is 131 Å². The molecule has 2 amide bonds. The van der Waals surface area contributed by atoms with Crippen molar-refractivity contribution in [1.29, 1.82) is 0 Å². The van der Waals surface area contributed by atoms with E-state index in [4.69, 9.17) is 56.9 Å². The molecule has 47 heavy (non-hydrogen) atoms. The minimum Gasteiger partial charge on any atom is -0.379 e. The van der Waals surface area contributed by atoms with Crippen LogP contribution in [-0.4, -0.2) is 168 Å². The van der Waals surface area contributed by atoms with Gasteiger partial charge >= 0.3 is 5.97 Å². The zero-order valence-electron chi connectivity index (χ0n) is 28.2. The van der Waals surface area contributed by atoms with Crippen LogP contribution in [0.15, 0.2) is 0 Å². The standard InChI is InChI=1S/C31H57NO15/c1-2-3-7-36-9-11-38-13-15-40-17-19-42-21-23-44-25-27-46-28-26-45-24-22-43-20-18-41-16-14-39-12-10-37-8-6-31(35)47-32-29(33)4-5-30(32)34/h2-28H2,1H3. The molecule has 0 aromatic rings. The van der Waals surface area contributed by atoms with Gasteiger partial charge in [0.1, 0.15) is 0 Å². The first-order valence-electron chi connectivity index (χ1n) is 16.6. The van der Waals surface area contributed by atoms with E-state index in [1.807, 2.05) is 0 Å². The van der Waals surface area contributed by atoms with E-state index in [-0.39, 0.29) is 32.5 Å². The summed E-state index contributed by atoms with van der Waals surface area (Å²) in [5, 5.41) is 0.520. The average molecular weight is 684 g/mol. The van der Waals surface area contributed by atoms with Gasteiger partial charge in [-0.2, -0.15) is 0 Å². The summed E-state index contributed by atoms with van der Waals surface area (Å²) in [4.78, 5) is 39.2. The zero-order valence-corrected chi connectivity index (χ0v) is 28.2. The molecule has 1 heterocycles. The normalized spacial score (nSPS) is 13.3. The van der Waals surface area contributed by atoms with Crippen LogP contribution in [0, 0.1) is 0 Å². The van der Waals surface area contributed by atoms with Crippen LogP contribution in [0.25, 0.3) is 0 Å². The third kappa shape index (κ3) is 28.9. The van der Waals surface area contributed by atoms with Gasteiger partial charge in [0.2, 0.25) is 0 Å². The summed E-state index contributed by atoms with van der Waals surface area (Å²) in [5.41, 5.74) is 0. The Hall–Kier alpha value is -1.83. The molecular weight excluding hydrogens is 626 g/mol. The van der Waals surface area contributed by atoms with Crippen LogP contribution in [-0.2, 0) is 71.3 Å². The number of amides is 2. The van der Waals surface area contributed by atoms with E-state index in [0.717, 1.165) is 19.4 Å². The second-order valence-corrected chi connectivity index (χ2v) is 9.88. The molecular formula is C31H57NO15. The Kier molecular flexibility index (Phi) is 31.3. The second-order valence-electron chi connectivity index (χ2n) is 9.88. The largest absolute Gasteiger partial charge is 0.379 e. The lowest BCUT2D eigenvalue weighted by Gasteiger charge is -2.12. The summed E-state index contributed by atoms with van der Waals surface area (Å²) >= 11 is 0. The summed E-state index contributed by atoms with van der Waals surface area (Å²) in [6, 6.07) is 0. The third-order valence-corrected chi connectivity index (χ3v) is 6.01. The fourth-order valence-corrected chi connectivity index (χ4v) is 3.51. The Bertz CT molecular complexity index is 730. The van der Waals surface area contributed by atoms with E-state index in [1.165, 1.54) is 0 Å². The predicted molar refractivity (Wildman–Crippen MR) is 166 cm³/mol. The van der Waals surface area contributed by atoms with E-state index >= 15 is 0 Å². The SMILES string of the molecule is CCCCOCCOCCOCCOCCOCCOCCOCCOCCOCCOCCOCCC(=O)ON1C(=O)CCC1=O. The molecule has 0 bridgehead atoms. The summed E-state index contributed by atoms with van der Waals surface area (Å²) in [6.07, 6.45) is 2.27. The van der Waals surface area contributed by atoms with Crippen molar-refractivity contribution in [2.45, 2.75) is 39.0 Å². The lowest BCUT2D eigenvalue weighted by Crippen LogP contribution is -2.32. The molecule has 0 aromatic heterocycles. The van der Waals surface area contributed by atoms with Crippen molar-refractivity contribution in [3.8, 4) is 0 Å². The number of hydrogen-bond acceptors (Lipinski definition) is 15. The summed E-state index contributed by atoms with van der Waals surface area (Å²) in [5.74, 6) is -1.71. The van der Waals surface area contributed by atoms with Crippen molar-refractivity contribution in [3.05, 3.63) is 0 Å². The number of carbonyl (C=O) groups is 3. The van der Waals surface area contributed by atoms with Crippen molar-refractivity contribution < 1.29 is 71.3 Å². The molecule has 0 aliphatic carbocycles. The monoisotopic (exact) mass is 683 g/mol. The number of rotatable bonds is 37. The maximum absolute atomic E-state index is 11.6. The van der Waals surface area contributed by atoms with Crippen LogP contribution in [0.5, 0.6) is 0 Å². The van der Waals surface area contributed by atoms with Crippen LogP contribution < -0.4 is 0 Å². The Morgan fingerprint density at radius 3 is 0.979 bits per heavy atom. The lowest BCUT2D eigenvalue weighted by molar-refractivity contribution is -0.198. The summed E-state index contributed by atoms with van der Waals surface area (Å²) < 4.78 is 59.7. The maximum atomic E-state index is 11.6. The first-order chi connectivity index (χ1) is 23.1. The Labute approximate surface area is 278 Å². The van der Waals surface area contributed by atoms with Crippen LogP contribution in [0.2, 0.25) is 0 Å². The highest BCUT2D eigenvalue weighted by molar-refractivity contribution is 6.01. The van der Waals surface area contributed by atoms with Gasteiger partial charge in [-0.3, -0.25) is 9.59 Å². The van der Waals surface area contributed by atoms with Gasteiger partial charge in [0.25, 0.3) is 11.8 Å². The minimum absolute atomic E-state index is 0.0607. The average Bonchev–Trinajstić information content (AvgIpc) is 3.38. The van der Waals surface area contributed by atoms with Gasteiger partial charge in [-0.15, -0.1) is 5.06 Å². The van der Waals surface area contributed by atoms with Crippen molar-refractivity contribution >= 4 is 17.8 Å². The van der Waals surface area contributed by atoms with Gasteiger partial charge in [-0.05, 0) is 6.42 Å². The van der Waals surface area contributed by atoms with Crippen LogP contribution >= 0.6 is 0 Å². The van der Waals surface area contributed by atoms with E-state index < -0.39 is 17.8 Å². The van der Waals surface area contributed by atoms with Crippen molar-refractivity contribution in [2.24, 2.45) is 0 Å². The van der Waals surface area contributed by atoms with Crippen LogP contribution in [0.4, 0.5) is 0 Å². The number of unbranched alkanes of at least 4 members (excludes halogenated alkanes) is 1. The lowest BCUT2D eigenvalue weighted by atomic mass is 10.4. The Morgan fingerprint density at radius 2 is 0.702 bits per heavy atom. The highest BCUT2D eigenvalue weighted by Crippen LogP contribution is 2.12. The molecule has 1 saturated heterocycles. The van der Waals surface area contributed by atoms with Crippen LogP contribution in [0.3, 0.4) is 0 Å². The van der Waals surface area contributed by atoms with Gasteiger partial charge in [-0.25, -0.2) is 4.79 Å². The first kappa shape index (κ1) is 43.2. The number of nitrogens with zero attached hydrogens (tertiary/aromatic N) is 1. The Balaban J connectivity index is 1.64. The van der Waals surface area contributed by atoms with E-state index in [1.54, 1.807) is 0 Å². The van der Waals surface area contributed by atoms with Gasteiger partial charge < -0.3 is 56.9 Å². The molecule has 1 fully saturated rings. The molecule has 276 valence electrons. The van der Waals surface area contributed by atoms with Crippen LogP contribution in [0.1, 0.15) is 39.0 Å². The molecule has 0 atom stereocenters. The quantitative estimate of drug-likeness (QED) is 0.0671. The van der Waals surface area contributed by atoms with Gasteiger partial charge in [-0.1, -0.05) is 13.3 Å². The predicted octanol–water partition coefficient (Wildman–Crippen LogP) is 0.966. The molecule has 1 rings (SSSR count). The third-order valence-electron chi connectivity index (χ3n) is 6.01. The fraction of sp³-hybridized carbons (Fsp3) is 0.903. The van der Waals surface area contributed by atoms with Crippen molar-refractivity contribution in [1.82, 2.24) is 5.06 Å². The number of carbonyl (C=O) groups excluding carboxylic acids is 3. The summed E-state index contributed by atoms with van der Waals surface area (Å²) in [7, 11) is 0. The number of ether oxygens (including phenoxy) is 11. The highest BCUT2D eigenvalue weighted by atomic mass is 16.7. The molecule has 16 nitrogen and oxygen atoms in total. The number of imide groups is 1. The minimum atomic E-state index is -0.697. The topological polar surface area (TPSA) is 165 Å².